The Balaban J connectivity index is 1.63. The zero-order valence-corrected chi connectivity index (χ0v) is 19.0. The molecule has 0 atom stereocenters. The van der Waals surface area contributed by atoms with E-state index in [1.54, 1.807) is 23.1 Å². The van der Waals surface area contributed by atoms with Crippen LogP contribution in [0.15, 0.2) is 71.6 Å². The van der Waals surface area contributed by atoms with Crippen molar-refractivity contribution >= 4 is 27.3 Å². The van der Waals surface area contributed by atoms with Gasteiger partial charge in [-0.05, 0) is 59.9 Å². The van der Waals surface area contributed by atoms with Gasteiger partial charge in [0, 0.05) is 17.8 Å². The minimum absolute atomic E-state index is 0.0656. The number of fused-ring (bicyclic) bond motifs is 1. The predicted octanol–water partition coefficient (Wildman–Crippen LogP) is 4.54. The molecule has 0 spiro atoms. The first-order valence-electron chi connectivity index (χ1n) is 10.6. The Morgan fingerprint density at radius 2 is 1.75 bits per heavy atom. The van der Waals surface area contributed by atoms with Crippen LogP contribution in [0.25, 0.3) is 0 Å². The number of carbonyl (C=O) groups is 1. The molecule has 3 aromatic rings. The monoisotopic (exact) mass is 450 g/mol. The van der Waals surface area contributed by atoms with Crippen LogP contribution in [0.4, 0.5) is 11.4 Å². The third-order valence-corrected chi connectivity index (χ3v) is 7.04. The summed E-state index contributed by atoms with van der Waals surface area (Å²) in [5.74, 6) is 0.364. The minimum Gasteiger partial charge on any atom is -0.495 e. The fourth-order valence-corrected chi connectivity index (χ4v) is 5.19. The molecule has 3 aromatic carbocycles. The molecule has 4 rings (SSSR count). The van der Waals surface area contributed by atoms with E-state index < -0.39 is 10.0 Å². The molecule has 0 aliphatic carbocycles. The van der Waals surface area contributed by atoms with Crippen molar-refractivity contribution in [2.45, 2.75) is 37.6 Å². The number of nitrogens with zero attached hydrogens (tertiary/aromatic N) is 1. The normalized spacial score (nSPS) is 13.6. The molecule has 0 fully saturated rings. The highest BCUT2D eigenvalue weighted by molar-refractivity contribution is 7.92. The lowest BCUT2D eigenvalue weighted by atomic mass is 10.00. The Morgan fingerprint density at radius 1 is 0.969 bits per heavy atom. The number of amides is 1. The van der Waals surface area contributed by atoms with Crippen LogP contribution in [0, 0.1) is 0 Å². The molecule has 0 bridgehead atoms. The molecule has 0 radical (unpaired) electrons. The first kappa shape index (κ1) is 21.9. The highest BCUT2D eigenvalue weighted by Gasteiger charge is 2.26. The van der Waals surface area contributed by atoms with Gasteiger partial charge in [0.1, 0.15) is 10.6 Å². The molecule has 32 heavy (non-hydrogen) atoms. The van der Waals surface area contributed by atoms with Gasteiger partial charge in [0.05, 0.1) is 13.7 Å². The number of hydrogen-bond donors (Lipinski definition) is 1. The Bertz CT molecular complexity index is 1240. The fourth-order valence-electron chi connectivity index (χ4n) is 3.92. The summed E-state index contributed by atoms with van der Waals surface area (Å²) < 4.78 is 34.2. The van der Waals surface area contributed by atoms with Gasteiger partial charge in [-0.2, -0.15) is 0 Å². The average molecular weight is 451 g/mol. The van der Waals surface area contributed by atoms with Gasteiger partial charge in [-0.3, -0.25) is 9.52 Å². The third kappa shape index (κ3) is 4.48. The summed E-state index contributed by atoms with van der Waals surface area (Å²) in [5, 5.41) is 0. The van der Waals surface area contributed by atoms with Crippen molar-refractivity contribution in [2.24, 2.45) is 0 Å². The van der Waals surface area contributed by atoms with Crippen molar-refractivity contribution < 1.29 is 17.9 Å². The second kappa shape index (κ2) is 9.04. The quantitative estimate of drug-likeness (QED) is 0.574. The van der Waals surface area contributed by atoms with Crippen LogP contribution in [-0.2, 0) is 34.2 Å². The van der Waals surface area contributed by atoms with Crippen LogP contribution in [0.2, 0.25) is 0 Å². The number of anilines is 2. The third-order valence-electron chi connectivity index (χ3n) is 5.64. The van der Waals surface area contributed by atoms with Gasteiger partial charge < -0.3 is 9.64 Å². The van der Waals surface area contributed by atoms with Gasteiger partial charge in [0.15, 0.2) is 0 Å². The maximum atomic E-state index is 13.1. The molecule has 7 heteroatoms. The van der Waals surface area contributed by atoms with E-state index in [1.807, 2.05) is 55.5 Å². The van der Waals surface area contributed by atoms with E-state index >= 15 is 0 Å². The summed E-state index contributed by atoms with van der Waals surface area (Å²) in [6.45, 7) is 2.45. The largest absolute Gasteiger partial charge is 0.495 e. The molecule has 0 saturated carbocycles. The van der Waals surface area contributed by atoms with Gasteiger partial charge in [-0.15, -0.1) is 0 Å². The van der Waals surface area contributed by atoms with E-state index in [4.69, 9.17) is 4.74 Å². The number of aryl methyl sites for hydroxylation is 2. The van der Waals surface area contributed by atoms with Crippen molar-refractivity contribution in [3.05, 3.63) is 83.4 Å². The highest BCUT2D eigenvalue weighted by atomic mass is 32.2. The van der Waals surface area contributed by atoms with Crippen molar-refractivity contribution in [1.82, 2.24) is 0 Å². The smallest absolute Gasteiger partial charge is 0.265 e. The second-order valence-corrected chi connectivity index (χ2v) is 9.40. The molecule has 1 N–H and O–H groups in total. The number of ether oxygens (including phenoxy) is 1. The Labute approximate surface area is 188 Å². The zero-order chi connectivity index (χ0) is 22.7. The summed E-state index contributed by atoms with van der Waals surface area (Å²) in [4.78, 5) is 14.5. The average Bonchev–Trinajstić information content (AvgIpc) is 2.81. The van der Waals surface area contributed by atoms with Crippen molar-refractivity contribution in [3.63, 3.8) is 0 Å². The van der Waals surface area contributed by atoms with Gasteiger partial charge in [0.25, 0.3) is 10.0 Å². The molecule has 0 aromatic heterocycles. The highest BCUT2D eigenvalue weighted by Crippen LogP contribution is 2.33. The van der Waals surface area contributed by atoms with E-state index in [0.29, 0.717) is 30.8 Å². The summed E-state index contributed by atoms with van der Waals surface area (Å²) in [6.07, 6.45) is 1.68. The molecule has 0 saturated heterocycles. The summed E-state index contributed by atoms with van der Waals surface area (Å²) in [6, 6.07) is 20.3. The Hall–Kier alpha value is -3.32. The number of hydrogen-bond acceptors (Lipinski definition) is 4. The number of nitrogens with one attached hydrogen (secondary N) is 1. The van der Waals surface area contributed by atoms with E-state index in [2.05, 4.69) is 4.72 Å². The van der Waals surface area contributed by atoms with Gasteiger partial charge in [0.2, 0.25) is 5.91 Å². The van der Waals surface area contributed by atoms with Crippen LogP contribution in [0.3, 0.4) is 0 Å². The number of sulfonamides is 1. The second-order valence-electron chi connectivity index (χ2n) is 7.75. The van der Waals surface area contributed by atoms with E-state index in [1.165, 1.54) is 7.11 Å². The number of carbonyl (C=O) groups excluding carboxylic acids is 1. The van der Waals surface area contributed by atoms with Gasteiger partial charge >= 0.3 is 0 Å². The van der Waals surface area contributed by atoms with E-state index in [-0.39, 0.29) is 10.8 Å². The van der Waals surface area contributed by atoms with E-state index in [0.717, 1.165) is 28.8 Å². The molecule has 6 nitrogen and oxygen atoms in total. The zero-order valence-electron chi connectivity index (χ0n) is 18.2. The number of rotatable bonds is 7. The number of methoxy groups -OCH3 is 1. The van der Waals surface area contributed by atoms with Crippen LogP contribution in [-0.4, -0.2) is 21.4 Å². The molecule has 1 aliphatic rings. The van der Waals surface area contributed by atoms with Crippen molar-refractivity contribution in [3.8, 4) is 5.75 Å². The summed E-state index contributed by atoms with van der Waals surface area (Å²) in [5.41, 5.74) is 4.17. The minimum atomic E-state index is -3.84. The lowest BCUT2D eigenvalue weighted by Crippen LogP contribution is -2.34. The van der Waals surface area contributed by atoms with Crippen molar-refractivity contribution in [1.29, 1.82) is 0 Å². The standard InChI is InChI=1S/C25H26N2O4S/c1-3-18-9-13-23(31-2)24(15-18)32(29,30)26-21-11-12-22-20(16-21)10-14-25(28)27(22)17-19-7-5-4-6-8-19/h4-9,11-13,15-16,26H,3,10,14,17H2,1-2H3. The van der Waals surface area contributed by atoms with E-state index in [9.17, 15) is 13.2 Å². The molecule has 1 aliphatic heterocycles. The maximum absolute atomic E-state index is 13.1. The maximum Gasteiger partial charge on any atom is 0.265 e. The molecule has 1 amide bonds. The number of benzene rings is 3. The molecular weight excluding hydrogens is 424 g/mol. The SMILES string of the molecule is CCc1ccc(OC)c(S(=O)(=O)Nc2ccc3c(c2)CCC(=O)N3Cc2ccccc2)c1. The van der Waals surface area contributed by atoms with Crippen LogP contribution < -0.4 is 14.4 Å². The Kier molecular flexibility index (Phi) is 6.19. The predicted molar refractivity (Wildman–Crippen MR) is 126 cm³/mol. The lowest BCUT2D eigenvalue weighted by Gasteiger charge is -2.30. The van der Waals surface area contributed by atoms with Crippen LogP contribution in [0.1, 0.15) is 30.0 Å². The Morgan fingerprint density at radius 3 is 2.47 bits per heavy atom. The van der Waals surface area contributed by atoms with Crippen LogP contribution in [0.5, 0.6) is 5.75 Å². The summed E-state index contributed by atoms with van der Waals surface area (Å²) >= 11 is 0. The van der Waals surface area contributed by atoms with Gasteiger partial charge in [-0.25, -0.2) is 8.42 Å². The molecule has 1 heterocycles. The van der Waals surface area contributed by atoms with Crippen molar-refractivity contribution in [2.75, 3.05) is 16.7 Å². The van der Waals surface area contributed by atoms with Crippen LogP contribution >= 0.6 is 0 Å². The fraction of sp³-hybridized carbons (Fsp3) is 0.240. The van der Waals surface area contributed by atoms with Gasteiger partial charge in [-0.1, -0.05) is 43.3 Å². The molecule has 0 unspecified atom stereocenters. The molecule has 166 valence electrons. The first-order valence-corrected chi connectivity index (χ1v) is 12.1. The topological polar surface area (TPSA) is 75.7 Å². The lowest BCUT2D eigenvalue weighted by molar-refractivity contribution is -0.119. The molecular formula is C25H26N2O4S. The first-order chi connectivity index (χ1) is 15.4. The summed E-state index contributed by atoms with van der Waals surface area (Å²) in [7, 11) is -2.39.